The Labute approximate surface area is 88.0 Å². The molecule has 0 bridgehead atoms. The zero-order valence-electron chi connectivity index (χ0n) is 8.51. The molecule has 1 N–H and O–H groups in total. The van der Waals surface area contributed by atoms with Gasteiger partial charge in [-0.05, 0) is 17.5 Å². The van der Waals surface area contributed by atoms with Gasteiger partial charge in [0.1, 0.15) is 5.82 Å². The topological polar surface area (TPSA) is 38.0 Å². The van der Waals surface area contributed by atoms with Crippen molar-refractivity contribution in [1.82, 2.24) is 9.55 Å². The van der Waals surface area contributed by atoms with Crippen molar-refractivity contribution in [1.29, 1.82) is 0 Å². The Balaban J connectivity index is 2.03. The molecule has 0 saturated heterocycles. The normalized spacial score (nSPS) is 18.3. The monoisotopic (exact) mass is 200 g/mol. The van der Waals surface area contributed by atoms with Gasteiger partial charge >= 0.3 is 0 Å². The van der Waals surface area contributed by atoms with Gasteiger partial charge in [0.15, 0.2) is 0 Å². The summed E-state index contributed by atoms with van der Waals surface area (Å²) in [7, 11) is 1.92. The van der Waals surface area contributed by atoms with Crippen LogP contribution >= 0.6 is 0 Å². The van der Waals surface area contributed by atoms with E-state index in [1.807, 2.05) is 17.7 Å². The molecule has 1 aliphatic rings. The van der Waals surface area contributed by atoms with E-state index in [9.17, 15) is 5.11 Å². The van der Waals surface area contributed by atoms with E-state index >= 15 is 0 Å². The molecular formula is C12H12N2O. The molecule has 0 spiro atoms. The summed E-state index contributed by atoms with van der Waals surface area (Å²) >= 11 is 0. The molecule has 1 aliphatic carbocycles. The van der Waals surface area contributed by atoms with Crippen LogP contribution in [0.5, 0.6) is 5.88 Å². The van der Waals surface area contributed by atoms with Crippen molar-refractivity contribution in [3.05, 3.63) is 47.4 Å². The summed E-state index contributed by atoms with van der Waals surface area (Å²) in [5.41, 5.74) is 2.73. The molecule has 0 aliphatic heterocycles. The summed E-state index contributed by atoms with van der Waals surface area (Å²) in [6.07, 6.45) is 2.68. The van der Waals surface area contributed by atoms with E-state index in [0.29, 0.717) is 5.92 Å². The van der Waals surface area contributed by atoms with Gasteiger partial charge in [0.05, 0.1) is 6.20 Å². The molecule has 3 heteroatoms. The fraction of sp³-hybridized carbons (Fsp3) is 0.250. The SMILES string of the molecule is Cn1cc(O)nc1C1Cc2ccccc21. The van der Waals surface area contributed by atoms with Crippen LogP contribution in [0.15, 0.2) is 30.5 Å². The molecule has 3 nitrogen and oxygen atoms in total. The van der Waals surface area contributed by atoms with Gasteiger partial charge in [-0.3, -0.25) is 0 Å². The third kappa shape index (κ3) is 1.16. The third-order valence-corrected chi connectivity index (χ3v) is 3.07. The van der Waals surface area contributed by atoms with Crippen molar-refractivity contribution < 1.29 is 5.11 Å². The molecular weight excluding hydrogens is 188 g/mol. The van der Waals surface area contributed by atoms with Crippen molar-refractivity contribution in [3.63, 3.8) is 0 Å². The molecule has 1 aromatic carbocycles. The van der Waals surface area contributed by atoms with Crippen molar-refractivity contribution in [3.8, 4) is 5.88 Å². The van der Waals surface area contributed by atoms with Crippen LogP contribution in [0, 0.1) is 0 Å². The van der Waals surface area contributed by atoms with E-state index < -0.39 is 0 Å². The van der Waals surface area contributed by atoms with E-state index in [0.717, 1.165) is 12.2 Å². The number of aromatic hydroxyl groups is 1. The molecule has 2 aromatic rings. The smallest absolute Gasteiger partial charge is 0.229 e. The van der Waals surface area contributed by atoms with E-state index in [2.05, 4.69) is 23.2 Å². The van der Waals surface area contributed by atoms with Crippen molar-refractivity contribution in [2.24, 2.45) is 7.05 Å². The summed E-state index contributed by atoms with van der Waals surface area (Å²) < 4.78 is 1.90. The molecule has 1 atom stereocenters. The molecule has 1 aromatic heterocycles. The van der Waals surface area contributed by atoms with Gasteiger partial charge in [-0.15, -0.1) is 0 Å². The van der Waals surface area contributed by atoms with Crippen LogP contribution in [0.1, 0.15) is 22.9 Å². The Hall–Kier alpha value is -1.77. The van der Waals surface area contributed by atoms with Crippen molar-refractivity contribution in [2.75, 3.05) is 0 Å². The number of aromatic nitrogens is 2. The highest BCUT2D eigenvalue weighted by Crippen LogP contribution is 2.39. The molecule has 3 rings (SSSR count). The minimum absolute atomic E-state index is 0.108. The lowest BCUT2D eigenvalue weighted by atomic mass is 9.77. The number of nitrogens with zero attached hydrogens (tertiary/aromatic N) is 2. The molecule has 15 heavy (non-hydrogen) atoms. The van der Waals surface area contributed by atoms with Gasteiger partial charge in [0, 0.05) is 13.0 Å². The van der Waals surface area contributed by atoms with Crippen LogP contribution < -0.4 is 0 Å². The summed E-state index contributed by atoms with van der Waals surface area (Å²) in [5, 5.41) is 9.32. The number of hydrogen-bond acceptors (Lipinski definition) is 2. The first-order valence-corrected chi connectivity index (χ1v) is 5.06. The molecule has 1 heterocycles. The highest BCUT2D eigenvalue weighted by Gasteiger charge is 2.30. The fourth-order valence-electron chi connectivity index (χ4n) is 2.28. The Morgan fingerprint density at radius 1 is 1.40 bits per heavy atom. The minimum atomic E-state index is 0.108. The first-order valence-electron chi connectivity index (χ1n) is 5.06. The van der Waals surface area contributed by atoms with Gasteiger partial charge < -0.3 is 9.67 Å². The summed E-state index contributed by atoms with van der Waals surface area (Å²) in [6, 6.07) is 8.39. The maximum Gasteiger partial charge on any atom is 0.229 e. The van der Waals surface area contributed by atoms with E-state index in [4.69, 9.17) is 0 Å². The predicted molar refractivity (Wildman–Crippen MR) is 56.9 cm³/mol. The number of benzene rings is 1. The van der Waals surface area contributed by atoms with Gasteiger partial charge in [0.25, 0.3) is 0 Å². The number of imidazole rings is 1. The first kappa shape index (κ1) is 8.53. The van der Waals surface area contributed by atoms with Gasteiger partial charge in [-0.25, -0.2) is 0 Å². The fourth-order valence-corrected chi connectivity index (χ4v) is 2.28. The van der Waals surface area contributed by atoms with Crippen LogP contribution in [-0.2, 0) is 13.5 Å². The number of fused-ring (bicyclic) bond motifs is 1. The Morgan fingerprint density at radius 2 is 2.20 bits per heavy atom. The number of rotatable bonds is 1. The van der Waals surface area contributed by atoms with Crippen molar-refractivity contribution in [2.45, 2.75) is 12.3 Å². The molecule has 1 unspecified atom stereocenters. The number of hydrogen-bond donors (Lipinski definition) is 1. The standard InChI is InChI=1S/C12H12N2O/c1-14-7-11(15)13-12(14)10-6-8-4-2-3-5-9(8)10/h2-5,7,10,15H,6H2,1H3. The second-order valence-corrected chi connectivity index (χ2v) is 4.02. The van der Waals surface area contributed by atoms with Crippen LogP contribution in [0.2, 0.25) is 0 Å². The zero-order chi connectivity index (χ0) is 10.4. The summed E-state index contributed by atoms with van der Waals surface area (Å²) in [6.45, 7) is 0. The minimum Gasteiger partial charge on any atom is -0.492 e. The molecule has 0 fully saturated rings. The maximum atomic E-state index is 9.32. The van der Waals surface area contributed by atoms with Gasteiger partial charge in [-0.1, -0.05) is 24.3 Å². The Morgan fingerprint density at radius 3 is 2.87 bits per heavy atom. The summed E-state index contributed by atoms with van der Waals surface area (Å²) in [4.78, 5) is 4.15. The highest BCUT2D eigenvalue weighted by molar-refractivity contribution is 5.44. The largest absolute Gasteiger partial charge is 0.492 e. The quantitative estimate of drug-likeness (QED) is 0.762. The molecule has 0 radical (unpaired) electrons. The van der Waals surface area contributed by atoms with Crippen LogP contribution in [0.4, 0.5) is 0 Å². The van der Waals surface area contributed by atoms with E-state index in [1.165, 1.54) is 11.1 Å². The Bertz CT molecular complexity index is 516. The van der Waals surface area contributed by atoms with Gasteiger partial charge in [-0.2, -0.15) is 4.98 Å². The lowest BCUT2D eigenvalue weighted by Gasteiger charge is -2.29. The second-order valence-electron chi connectivity index (χ2n) is 4.02. The zero-order valence-corrected chi connectivity index (χ0v) is 8.51. The highest BCUT2D eigenvalue weighted by atomic mass is 16.3. The lowest BCUT2D eigenvalue weighted by molar-refractivity contribution is 0.454. The first-order chi connectivity index (χ1) is 7.25. The third-order valence-electron chi connectivity index (χ3n) is 3.07. The van der Waals surface area contributed by atoms with Crippen LogP contribution in [-0.4, -0.2) is 14.7 Å². The second kappa shape index (κ2) is 2.86. The van der Waals surface area contributed by atoms with E-state index in [-0.39, 0.29) is 5.88 Å². The summed E-state index contributed by atoms with van der Waals surface area (Å²) in [5.74, 6) is 1.41. The molecule has 0 saturated carbocycles. The number of aryl methyl sites for hydroxylation is 1. The molecule has 0 amide bonds. The lowest BCUT2D eigenvalue weighted by Crippen LogP contribution is -2.21. The molecule has 76 valence electrons. The van der Waals surface area contributed by atoms with Crippen LogP contribution in [0.3, 0.4) is 0 Å². The average molecular weight is 200 g/mol. The van der Waals surface area contributed by atoms with Crippen molar-refractivity contribution >= 4 is 0 Å². The van der Waals surface area contributed by atoms with Crippen LogP contribution in [0.25, 0.3) is 0 Å². The Kier molecular flexibility index (Phi) is 1.63. The average Bonchev–Trinajstić information content (AvgIpc) is 2.48. The van der Waals surface area contributed by atoms with E-state index in [1.54, 1.807) is 6.20 Å². The maximum absolute atomic E-state index is 9.32. The van der Waals surface area contributed by atoms with Gasteiger partial charge in [0.2, 0.25) is 5.88 Å². The predicted octanol–water partition coefficient (Wildman–Crippen LogP) is 1.81.